The van der Waals surface area contributed by atoms with Gasteiger partial charge in [0.1, 0.15) is 23.7 Å². The highest BCUT2D eigenvalue weighted by atomic mass is 79.9. The molecule has 172 valence electrons. The molecule has 0 radical (unpaired) electrons. The van der Waals surface area contributed by atoms with Crippen LogP contribution in [0.2, 0.25) is 0 Å². The Morgan fingerprint density at radius 3 is 2.74 bits per heavy atom. The van der Waals surface area contributed by atoms with Crippen LogP contribution in [0, 0.1) is 17.1 Å². The fourth-order valence-corrected chi connectivity index (χ4v) is 4.03. The fraction of sp³-hybridized carbons (Fsp3) is 0.167. The molecule has 0 spiro atoms. The van der Waals surface area contributed by atoms with Gasteiger partial charge < -0.3 is 10.5 Å². The summed E-state index contributed by atoms with van der Waals surface area (Å²) in [7, 11) is 3.54. The molecule has 0 saturated carbocycles. The first kappa shape index (κ1) is 23.2. The lowest BCUT2D eigenvalue weighted by atomic mass is 9.95. The zero-order valence-corrected chi connectivity index (χ0v) is 20.3. The van der Waals surface area contributed by atoms with E-state index in [2.05, 4.69) is 37.7 Å². The summed E-state index contributed by atoms with van der Waals surface area (Å²) in [6.07, 6.45) is 2.82. The second kappa shape index (κ2) is 9.11. The van der Waals surface area contributed by atoms with Crippen LogP contribution in [0.15, 0.2) is 53.8 Å². The number of nitrogens with two attached hydrogens (primary N) is 1. The fourth-order valence-electron chi connectivity index (χ4n) is 3.72. The van der Waals surface area contributed by atoms with E-state index in [1.54, 1.807) is 54.8 Å². The minimum atomic E-state index is -0.575. The molecular weight excluding hydrogens is 501 g/mol. The molecule has 0 aliphatic rings. The molecule has 8 nitrogen and oxygen atoms in total. The highest BCUT2D eigenvalue weighted by Crippen LogP contribution is 2.37. The maximum atomic E-state index is 14.3. The summed E-state index contributed by atoms with van der Waals surface area (Å²) in [4.78, 5) is 4.09. The van der Waals surface area contributed by atoms with E-state index in [0.717, 1.165) is 5.56 Å². The van der Waals surface area contributed by atoms with Gasteiger partial charge in [0.15, 0.2) is 17.3 Å². The molecule has 1 atom stereocenters. The van der Waals surface area contributed by atoms with Crippen LogP contribution in [0.25, 0.3) is 16.8 Å². The summed E-state index contributed by atoms with van der Waals surface area (Å²) < 4.78 is 24.4. The molecule has 3 aromatic heterocycles. The number of aryl methyl sites for hydroxylation is 2. The SMILES string of the molecule is C=C(c1cn(C)nc1-c1ccc(F)cc1[C@@H](C)Oc1cc(Br)cnc1N)c1cc(C#N)nn1C. The lowest BCUT2D eigenvalue weighted by Gasteiger charge is -2.19. The largest absolute Gasteiger partial charge is 0.482 e. The molecule has 0 aliphatic carbocycles. The predicted molar refractivity (Wildman–Crippen MR) is 130 cm³/mol. The monoisotopic (exact) mass is 521 g/mol. The van der Waals surface area contributed by atoms with Crippen molar-refractivity contribution in [2.24, 2.45) is 14.1 Å². The van der Waals surface area contributed by atoms with Gasteiger partial charge >= 0.3 is 0 Å². The average molecular weight is 522 g/mol. The molecule has 0 amide bonds. The van der Waals surface area contributed by atoms with Crippen molar-refractivity contribution < 1.29 is 9.13 Å². The van der Waals surface area contributed by atoms with Crippen LogP contribution in [0.3, 0.4) is 0 Å². The third-order valence-corrected chi connectivity index (χ3v) is 5.75. The number of halogens is 2. The van der Waals surface area contributed by atoms with E-state index in [0.29, 0.717) is 38.3 Å². The number of hydrogen-bond donors (Lipinski definition) is 1. The topological polar surface area (TPSA) is 108 Å². The first-order valence-corrected chi connectivity index (χ1v) is 11.0. The number of aromatic nitrogens is 5. The minimum absolute atomic E-state index is 0.226. The van der Waals surface area contributed by atoms with Gasteiger partial charge in [0, 0.05) is 59.3 Å². The van der Waals surface area contributed by atoms with Crippen LogP contribution in [-0.4, -0.2) is 24.5 Å². The van der Waals surface area contributed by atoms with Crippen LogP contribution in [-0.2, 0) is 14.1 Å². The van der Waals surface area contributed by atoms with Crippen molar-refractivity contribution in [3.8, 4) is 23.1 Å². The normalized spacial score (nSPS) is 11.8. The number of nitrogens with zero attached hydrogens (tertiary/aromatic N) is 6. The van der Waals surface area contributed by atoms with Crippen LogP contribution in [0.4, 0.5) is 10.2 Å². The van der Waals surface area contributed by atoms with Crippen molar-refractivity contribution in [3.05, 3.63) is 82.1 Å². The Kier molecular flexibility index (Phi) is 6.22. The molecule has 4 aromatic rings. The lowest BCUT2D eigenvalue weighted by Crippen LogP contribution is -2.08. The Morgan fingerprint density at radius 1 is 1.26 bits per heavy atom. The van der Waals surface area contributed by atoms with E-state index in [4.69, 9.17) is 10.5 Å². The van der Waals surface area contributed by atoms with Gasteiger partial charge in [-0.05, 0) is 47.1 Å². The maximum absolute atomic E-state index is 14.3. The zero-order chi connectivity index (χ0) is 24.6. The molecule has 3 heterocycles. The molecule has 0 fully saturated rings. The van der Waals surface area contributed by atoms with Crippen LogP contribution < -0.4 is 10.5 Å². The molecule has 0 aliphatic heterocycles. The number of ether oxygens (including phenoxy) is 1. The van der Waals surface area contributed by atoms with E-state index in [-0.39, 0.29) is 11.5 Å². The summed E-state index contributed by atoms with van der Waals surface area (Å²) in [6.45, 7) is 6.03. The number of hydrogen-bond acceptors (Lipinski definition) is 6. The first-order chi connectivity index (χ1) is 16.2. The van der Waals surface area contributed by atoms with Crippen LogP contribution >= 0.6 is 15.9 Å². The molecule has 34 heavy (non-hydrogen) atoms. The number of nitriles is 1. The number of anilines is 1. The smallest absolute Gasteiger partial charge is 0.166 e. The summed E-state index contributed by atoms with van der Waals surface area (Å²) in [6, 6.07) is 9.87. The van der Waals surface area contributed by atoms with Crippen molar-refractivity contribution in [1.29, 1.82) is 5.26 Å². The second-order valence-electron chi connectivity index (χ2n) is 7.72. The Hall–Kier alpha value is -3.97. The number of benzene rings is 1. The Morgan fingerprint density at radius 2 is 2.03 bits per heavy atom. The lowest BCUT2D eigenvalue weighted by molar-refractivity contribution is 0.227. The van der Waals surface area contributed by atoms with Crippen molar-refractivity contribution >= 4 is 27.3 Å². The number of nitrogen functional groups attached to an aromatic ring is 1. The highest BCUT2D eigenvalue weighted by Gasteiger charge is 2.23. The summed E-state index contributed by atoms with van der Waals surface area (Å²) in [5.74, 6) is 0.196. The number of rotatable bonds is 6. The molecular formula is C24H21BrFN7O. The second-order valence-corrected chi connectivity index (χ2v) is 8.64. The molecule has 10 heteroatoms. The van der Waals surface area contributed by atoms with Crippen molar-refractivity contribution in [3.63, 3.8) is 0 Å². The average Bonchev–Trinajstić information content (AvgIpc) is 3.38. The van der Waals surface area contributed by atoms with Crippen molar-refractivity contribution in [1.82, 2.24) is 24.5 Å². The molecule has 0 saturated heterocycles. The van der Waals surface area contributed by atoms with E-state index in [1.165, 1.54) is 12.1 Å². The van der Waals surface area contributed by atoms with Gasteiger partial charge in [-0.1, -0.05) is 6.58 Å². The van der Waals surface area contributed by atoms with Gasteiger partial charge in [0.25, 0.3) is 0 Å². The summed E-state index contributed by atoms with van der Waals surface area (Å²) in [5.41, 5.74) is 10.1. The molecule has 2 N–H and O–H groups in total. The Balaban J connectivity index is 1.79. The van der Waals surface area contributed by atoms with Crippen LogP contribution in [0.5, 0.6) is 5.75 Å². The molecule has 0 bridgehead atoms. The third-order valence-electron chi connectivity index (χ3n) is 5.32. The van der Waals surface area contributed by atoms with Gasteiger partial charge in [0.2, 0.25) is 0 Å². The van der Waals surface area contributed by atoms with Crippen molar-refractivity contribution in [2.75, 3.05) is 5.73 Å². The molecule has 1 aromatic carbocycles. The van der Waals surface area contributed by atoms with Gasteiger partial charge in [0.05, 0.1) is 5.69 Å². The van der Waals surface area contributed by atoms with Crippen molar-refractivity contribution in [2.45, 2.75) is 13.0 Å². The first-order valence-electron chi connectivity index (χ1n) is 10.2. The van der Waals surface area contributed by atoms with Gasteiger partial charge in [-0.2, -0.15) is 15.5 Å². The quantitative estimate of drug-likeness (QED) is 0.391. The summed E-state index contributed by atoms with van der Waals surface area (Å²) in [5, 5.41) is 18.0. The summed E-state index contributed by atoms with van der Waals surface area (Å²) >= 11 is 3.36. The predicted octanol–water partition coefficient (Wildman–Crippen LogP) is 4.77. The molecule has 4 rings (SSSR count). The Bertz CT molecular complexity index is 1450. The van der Waals surface area contributed by atoms with Gasteiger partial charge in [-0.15, -0.1) is 0 Å². The van der Waals surface area contributed by atoms with Crippen LogP contribution in [0.1, 0.15) is 35.5 Å². The zero-order valence-electron chi connectivity index (χ0n) is 18.8. The minimum Gasteiger partial charge on any atom is -0.482 e. The third kappa shape index (κ3) is 4.43. The van der Waals surface area contributed by atoms with E-state index < -0.39 is 11.9 Å². The number of pyridine rings is 1. The van der Waals surface area contributed by atoms with Gasteiger partial charge in [-0.25, -0.2) is 9.37 Å². The van der Waals surface area contributed by atoms with Gasteiger partial charge in [-0.3, -0.25) is 9.36 Å². The maximum Gasteiger partial charge on any atom is 0.166 e. The Labute approximate surface area is 204 Å². The van der Waals surface area contributed by atoms with E-state index >= 15 is 0 Å². The van der Waals surface area contributed by atoms with E-state index in [1.807, 2.05) is 12.3 Å². The highest BCUT2D eigenvalue weighted by molar-refractivity contribution is 9.10. The van der Waals surface area contributed by atoms with E-state index in [9.17, 15) is 9.65 Å². The standard InChI is InChI=1S/C24H21BrFN7O/c1-13(21-9-17(10-27)30-33(21)4)20-12-32(3)31-23(20)18-6-5-16(26)8-19(18)14(2)34-22-7-15(25)11-29-24(22)28/h5-9,11-12,14H,1H2,2-4H3,(H2,28,29)/t14-/m1/s1. The molecule has 0 unspecified atom stereocenters.